The van der Waals surface area contributed by atoms with Crippen molar-refractivity contribution in [3.8, 4) is 0 Å². The summed E-state index contributed by atoms with van der Waals surface area (Å²) in [5.74, 6) is 0.803. The molecule has 0 saturated carbocycles. The molecule has 0 aromatic carbocycles. The van der Waals surface area contributed by atoms with E-state index in [1.54, 1.807) is 23.2 Å². The number of imidazole rings is 1. The standard InChI is InChI=1S/C13H19N5O2/c1-8-5-18(6-9(2)20-8)12-10-11(14-7-15-12)17(4)13(19)16(10)3/h7-9H,5-6H2,1-4H3. The lowest BCUT2D eigenvalue weighted by Gasteiger charge is -2.36. The molecule has 2 atom stereocenters. The van der Waals surface area contributed by atoms with E-state index < -0.39 is 0 Å². The van der Waals surface area contributed by atoms with Gasteiger partial charge in [0.15, 0.2) is 11.5 Å². The summed E-state index contributed by atoms with van der Waals surface area (Å²) in [5, 5.41) is 0. The first-order valence-electron chi connectivity index (χ1n) is 6.76. The van der Waals surface area contributed by atoms with Crippen LogP contribution in [-0.4, -0.2) is 44.4 Å². The van der Waals surface area contributed by atoms with Gasteiger partial charge in [-0.05, 0) is 13.8 Å². The lowest BCUT2D eigenvalue weighted by atomic mass is 10.2. The fraction of sp³-hybridized carbons (Fsp3) is 0.615. The van der Waals surface area contributed by atoms with E-state index in [1.165, 1.54) is 6.33 Å². The summed E-state index contributed by atoms with van der Waals surface area (Å²) in [6.07, 6.45) is 1.80. The number of hydrogen-bond acceptors (Lipinski definition) is 5. The smallest absolute Gasteiger partial charge is 0.329 e. The molecule has 0 bridgehead atoms. The first kappa shape index (κ1) is 13.1. The Morgan fingerprint density at radius 2 is 1.80 bits per heavy atom. The molecule has 1 saturated heterocycles. The highest BCUT2D eigenvalue weighted by Gasteiger charge is 2.26. The monoisotopic (exact) mass is 277 g/mol. The van der Waals surface area contributed by atoms with E-state index in [1.807, 2.05) is 13.8 Å². The van der Waals surface area contributed by atoms with Crippen molar-refractivity contribution in [2.45, 2.75) is 26.1 Å². The van der Waals surface area contributed by atoms with E-state index in [-0.39, 0.29) is 17.9 Å². The number of hydrogen-bond donors (Lipinski definition) is 0. The minimum absolute atomic E-state index is 0.0869. The van der Waals surface area contributed by atoms with E-state index in [2.05, 4.69) is 14.9 Å². The van der Waals surface area contributed by atoms with Crippen LogP contribution in [0.15, 0.2) is 11.1 Å². The number of fused-ring (bicyclic) bond motifs is 1. The Balaban J connectivity index is 2.17. The molecule has 0 amide bonds. The molecule has 0 aliphatic carbocycles. The second-order valence-electron chi connectivity index (χ2n) is 5.43. The average Bonchev–Trinajstić information content (AvgIpc) is 2.63. The molecule has 3 heterocycles. The van der Waals surface area contributed by atoms with Crippen LogP contribution in [0.2, 0.25) is 0 Å². The molecule has 2 aromatic rings. The summed E-state index contributed by atoms with van der Waals surface area (Å²) in [5.41, 5.74) is 1.35. The van der Waals surface area contributed by atoms with Crippen LogP contribution >= 0.6 is 0 Å². The van der Waals surface area contributed by atoms with Crippen molar-refractivity contribution in [1.29, 1.82) is 0 Å². The quantitative estimate of drug-likeness (QED) is 0.749. The van der Waals surface area contributed by atoms with Gasteiger partial charge in [0, 0.05) is 27.2 Å². The molecule has 3 rings (SSSR count). The van der Waals surface area contributed by atoms with Gasteiger partial charge < -0.3 is 9.64 Å². The van der Waals surface area contributed by atoms with Crippen LogP contribution in [0.25, 0.3) is 11.2 Å². The highest BCUT2D eigenvalue weighted by Crippen LogP contribution is 2.24. The number of anilines is 1. The molecule has 7 heteroatoms. The molecule has 2 unspecified atom stereocenters. The van der Waals surface area contributed by atoms with Gasteiger partial charge >= 0.3 is 5.69 Å². The Morgan fingerprint density at radius 1 is 1.15 bits per heavy atom. The van der Waals surface area contributed by atoms with Crippen molar-refractivity contribution in [3.63, 3.8) is 0 Å². The minimum Gasteiger partial charge on any atom is -0.372 e. The fourth-order valence-corrected chi connectivity index (χ4v) is 2.90. The third-order valence-electron chi connectivity index (χ3n) is 3.73. The predicted octanol–water partition coefficient (Wildman–Crippen LogP) is 0.281. The van der Waals surface area contributed by atoms with Gasteiger partial charge in [0.2, 0.25) is 0 Å². The van der Waals surface area contributed by atoms with Crippen molar-refractivity contribution >= 4 is 17.0 Å². The lowest BCUT2D eigenvalue weighted by Crippen LogP contribution is -2.46. The highest BCUT2D eigenvalue weighted by atomic mass is 16.5. The number of aryl methyl sites for hydroxylation is 2. The number of rotatable bonds is 1. The molecule has 1 aliphatic heterocycles. The molecule has 2 aromatic heterocycles. The van der Waals surface area contributed by atoms with E-state index in [9.17, 15) is 4.79 Å². The highest BCUT2D eigenvalue weighted by molar-refractivity contribution is 5.84. The van der Waals surface area contributed by atoms with Gasteiger partial charge in [0.1, 0.15) is 11.8 Å². The molecular formula is C13H19N5O2. The topological polar surface area (TPSA) is 65.2 Å². The van der Waals surface area contributed by atoms with Crippen LogP contribution in [0.3, 0.4) is 0 Å². The van der Waals surface area contributed by atoms with Gasteiger partial charge in [-0.25, -0.2) is 14.8 Å². The molecule has 0 spiro atoms. The van der Waals surface area contributed by atoms with Gasteiger partial charge in [-0.15, -0.1) is 0 Å². The molecule has 20 heavy (non-hydrogen) atoms. The Bertz CT molecular complexity index is 695. The van der Waals surface area contributed by atoms with Gasteiger partial charge in [-0.2, -0.15) is 0 Å². The van der Waals surface area contributed by atoms with E-state index >= 15 is 0 Å². The first-order chi connectivity index (χ1) is 9.49. The maximum absolute atomic E-state index is 12.1. The zero-order valence-corrected chi connectivity index (χ0v) is 12.2. The lowest BCUT2D eigenvalue weighted by molar-refractivity contribution is -0.00539. The SMILES string of the molecule is CC1CN(c2ncnc3c2n(C)c(=O)n3C)CC(C)O1. The molecule has 108 valence electrons. The van der Waals surface area contributed by atoms with E-state index in [0.717, 1.165) is 24.4 Å². The Labute approximate surface area is 116 Å². The Morgan fingerprint density at radius 3 is 2.45 bits per heavy atom. The molecule has 1 fully saturated rings. The fourth-order valence-electron chi connectivity index (χ4n) is 2.90. The number of morpholine rings is 1. The predicted molar refractivity (Wildman–Crippen MR) is 76.0 cm³/mol. The Kier molecular flexibility index (Phi) is 3.01. The van der Waals surface area contributed by atoms with Crippen molar-refractivity contribution in [1.82, 2.24) is 19.1 Å². The van der Waals surface area contributed by atoms with Gasteiger partial charge in [-0.1, -0.05) is 0 Å². The zero-order chi connectivity index (χ0) is 14.4. The van der Waals surface area contributed by atoms with Crippen LogP contribution in [-0.2, 0) is 18.8 Å². The van der Waals surface area contributed by atoms with Crippen LogP contribution < -0.4 is 10.6 Å². The molecule has 1 aliphatic rings. The Hall–Kier alpha value is -1.89. The third kappa shape index (κ3) is 1.89. The second kappa shape index (κ2) is 4.59. The van der Waals surface area contributed by atoms with Crippen molar-refractivity contribution in [2.75, 3.05) is 18.0 Å². The molecular weight excluding hydrogens is 258 g/mol. The van der Waals surface area contributed by atoms with Crippen LogP contribution in [0.4, 0.5) is 5.82 Å². The van der Waals surface area contributed by atoms with E-state index in [4.69, 9.17) is 4.74 Å². The number of aromatic nitrogens is 4. The summed E-state index contributed by atoms with van der Waals surface area (Å²) in [6.45, 7) is 5.62. The van der Waals surface area contributed by atoms with Gasteiger partial charge in [-0.3, -0.25) is 9.13 Å². The number of nitrogens with zero attached hydrogens (tertiary/aromatic N) is 5. The maximum Gasteiger partial charge on any atom is 0.329 e. The first-order valence-corrected chi connectivity index (χ1v) is 6.76. The largest absolute Gasteiger partial charge is 0.372 e. The number of ether oxygens (including phenoxy) is 1. The van der Waals surface area contributed by atoms with Crippen molar-refractivity contribution in [3.05, 3.63) is 16.8 Å². The molecule has 0 radical (unpaired) electrons. The minimum atomic E-state index is -0.0869. The van der Waals surface area contributed by atoms with Crippen LogP contribution in [0, 0.1) is 0 Å². The average molecular weight is 277 g/mol. The second-order valence-corrected chi connectivity index (χ2v) is 5.43. The molecule has 7 nitrogen and oxygen atoms in total. The summed E-state index contributed by atoms with van der Waals surface area (Å²) in [4.78, 5) is 22.9. The summed E-state index contributed by atoms with van der Waals surface area (Å²) in [7, 11) is 3.48. The normalized spacial score (nSPS) is 23.5. The van der Waals surface area contributed by atoms with Crippen molar-refractivity contribution in [2.24, 2.45) is 14.1 Å². The summed E-state index contributed by atoms with van der Waals surface area (Å²) >= 11 is 0. The molecule has 0 N–H and O–H groups in total. The van der Waals surface area contributed by atoms with Gasteiger partial charge in [0.05, 0.1) is 12.2 Å². The van der Waals surface area contributed by atoms with Crippen LogP contribution in [0.1, 0.15) is 13.8 Å². The van der Waals surface area contributed by atoms with Crippen LogP contribution in [0.5, 0.6) is 0 Å². The summed E-state index contributed by atoms with van der Waals surface area (Å²) in [6, 6.07) is 0. The third-order valence-corrected chi connectivity index (χ3v) is 3.73. The summed E-state index contributed by atoms with van der Waals surface area (Å²) < 4.78 is 8.91. The zero-order valence-electron chi connectivity index (χ0n) is 12.2. The maximum atomic E-state index is 12.1. The van der Waals surface area contributed by atoms with Crippen molar-refractivity contribution < 1.29 is 4.74 Å². The van der Waals surface area contributed by atoms with E-state index in [0.29, 0.717) is 5.65 Å². The van der Waals surface area contributed by atoms with Gasteiger partial charge in [0.25, 0.3) is 0 Å².